The lowest BCUT2D eigenvalue weighted by Crippen LogP contribution is -2.36. The van der Waals surface area contributed by atoms with Gasteiger partial charge < -0.3 is 20.1 Å². The lowest BCUT2D eigenvalue weighted by Gasteiger charge is -2.27. The molecule has 29 heavy (non-hydrogen) atoms. The maximum absolute atomic E-state index is 12.3. The number of hydrogen-bond donors (Lipinski definition) is 2. The van der Waals surface area contributed by atoms with Crippen LogP contribution in [-0.2, 0) is 29.1 Å². The second-order valence-electron chi connectivity index (χ2n) is 7.55. The van der Waals surface area contributed by atoms with Gasteiger partial charge in [0.05, 0.1) is 37.7 Å². The number of urea groups is 1. The van der Waals surface area contributed by atoms with E-state index in [1.807, 2.05) is 23.0 Å². The Morgan fingerprint density at radius 3 is 2.79 bits per heavy atom. The van der Waals surface area contributed by atoms with Crippen LogP contribution in [0.1, 0.15) is 24.0 Å². The van der Waals surface area contributed by atoms with Crippen molar-refractivity contribution in [1.29, 1.82) is 0 Å². The maximum Gasteiger partial charge on any atom is 0.319 e. The van der Waals surface area contributed by atoms with Crippen LogP contribution in [0.2, 0.25) is 0 Å². The number of aromatic nitrogens is 2. The van der Waals surface area contributed by atoms with E-state index < -0.39 is 0 Å². The van der Waals surface area contributed by atoms with E-state index in [0.717, 1.165) is 64.4 Å². The van der Waals surface area contributed by atoms with Crippen LogP contribution in [-0.4, -0.2) is 59.7 Å². The molecule has 2 aliphatic rings. The molecule has 0 radical (unpaired) electrons. The average molecular weight is 399 g/mol. The second-order valence-corrected chi connectivity index (χ2v) is 7.55. The van der Waals surface area contributed by atoms with Crippen LogP contribution >= 0.6 is 0 Å². The summed E-state index contributed by atoms with van der Waals surface area (Å²) in [5, 5.41) is 10.1. The Morgan fingerprint density at radius 1 is 1.17 bits per heavy atom. The van der Waals surface area contributed by atoms with Crippen LogP contribution in [0.25, 0.3) is 0 Å². The number of ether oxygens (including phenoxy) is 2. The van der Waals surface area contributed by atoms with E-state index in [0.29, 0.717) is 12.2 Å². The first-order valence-corrected chi connectivity index (χ1v) is 10.3. The van der Waals surface area contributed by atoms with Crippen molar-refractivity contribution >= 4 is 11.7 Å². The zero-order valence-electron chi connectivity index (χ0n) is 16.7. The molecule has 0 spiro atoms. The summed E-state index contributed by atoms with van der Waals surface area (Å²) in [5.41, 5.74) is 3.05. The quantitative estimate of drug-likeness (QED) is 0.746. The van der Waals surface area contributed by atoms with Gasteiger partial charge in [-0.05, 0) is 24.0 Å². The zero-order valence-corrected chi connectivity index (χ0v) is 16.7. The van der Waals surface area contributed by atoms with Gasteiger partial charge in [-0.1, -0.05) is 24.3 Å². The number of carbonyl (C=O) groups excluding carboxylic acids is 1. The first-order valence-electron chi connectivity index (χ1n) is 10.3. The molecule has 156 valence electrons. The molecule has 2 saturated heterocycles. The summed E-state index contributed by atoms with van der Waals surface area (Å²) in [6.45, 7) is 6.35. The second kappa shape index (κ2) is 9.87. The third-order valence-electron chi connectivity index (χ3n) is 5.36. The highest BCUT2D eigenvalue weighted by Crippen LogP contribution is 2.15. The highest BCUT2D eigenvalue weighted by Gasteiger charge is 2.17. The smallest absolute Gasteiger partial charge is 0.319 e. The fourth-order valence-corrected chi connectivity index (χ4v) is 3.76. The van der Waals surface area contributed by atoms with E-state index in [1.54, 1.807) is 6.20 Å². The highest BCUT2D eigenvalue weighted by atomic mass is 16.5. The number of nitrogens with zero attached hydrogens (tertiary/aromatic N) is 3. The molecule has 8 heteroatoms. The summed E-state index contributed by atoms with van der Waals surface area (Å²) in [5.74, 6) is 0. The van der Waals surface area contributed by atoms with Gasteiger partial charge >= 0.3 is 6.03 Å². The lowest BCUT2D eigenvalue weighted by atomic mass is 10.1. The van der Waals surface area contributed by atoms with Gasteiger partial charge in [-0.2, -0.15) is 5.10 Å². The van der Waals surface area contributed by atoms with Crippen molar-refractivity contribution < 1.29 is 14.3 Å². The van der Waals surface area contributed by atoms with E-state index in [9.17, 15) is 4.79 Å². The van der Waals surface area contributed by atoms with Gasteiger partial charge in [0, 0.05) is 39.0 Å². The zero-order chi connectivity index (χ0) is 19.9. The summed E-state index contributed by atoms with van der Waals surface area (Å²) < 4.78 is 12.9. The fraction of sp³-hybridized carbons (Fsp3) is 0.524. The minimum atomic E-state index is -0.233. The topological polar surface area (TPSA) is 80.7 Å². The van der Waals surface area contributed by atoms with E-state index >= 15 is 0 Å². The average Bonchev–Trinajstić information content (AvgIpc) is 3.41. The Hall–Kier alpha value is -2.42. The predicted octanol–water partition coefficient (Wildman–Crippen LogP) is 2.22. The largest absolute Gasteiger partial charge is 0.379 e. The minimum Gasteiger partial charge on any atom is -0.379 e. The molecule has 2 aliphatic heterocycles. The molecule has 0 bridgehead atoms. The molecule has 2 fully saturated rings. The van der Waals surface area contributed by atoms with Crippen LogP contribution in [0, 0.1) is 0 Å². The summed E-state index contributed by atoms with van der Waals surface area (Å²) in [6, 6.07) is 8.01. The molecule has 2 aromatic rings. The molecule has 2 N–H and O–H groups in total. The number of benzene rings is 1. The standard InChI is InChI=1S/C21H29N5O3/c27-21(24-19-13-23-26(15-19)16-20-6-3-9-29-20)22-12-17-4-1-2-5-18(17)14-25-7-10-28-11-8-25/h1-2,4-5,13,15,20H,3,6-12,14,16H2,(H2,22,24,27). The molecule has 4 rings (SSSR count). The molecule has 3 heterocycles. The molecular weight excluding hydrogens is 370 g/mol. The van der Waals surface area contributed by atoms with Crippen molar-refractivity contribution in [3.05, 3.63) is 47.8 Å². The van der Waals surface area contributed by atoms with Gasteiger partial charge in [-0.25, -0.2) is 4.79 Å². The number of rotatable bonds is 7. The molecule has 1 unspecified atom stereocenters. The Kier molecular flexibility index (Phi) is 6.76. The lowest BCUT2D eigenvalue weighted by molar-refractivity contribution is 0.0341. The molecule has 1 aromatic carbocycles. The first-order chi connectivity index (χ1) is 14.3. The van der Waals surface area contributed by atoms with Crippen LogP contribution < -0.4 is 10.6 Å². The highest BCUT2D eigenvalue weighted by molar-refractivity contribution is 5.88. The van der Waals surface area contributed by atoms with Gasteiger partial charge in [0.15, 0.2) is 0 Å². The van der Waals surface area contributed by atoms with Crippen LogP contribution in [0.3, 0.4) is 0 Å². The SMILES string of the molecule is O=C(NCc1ccccc1CN1CCOCC1)Nc1cnn(CC2CCCO2)c1. The van der Waals surface area contributed by atoms with Gasteiger partial charge in [-0.15, -0.1) is 0 Å². The number of amides is 2. The first kappa shape index (κ1) is 19.9. The van der Waals surface area contributed by atoms with Crippen molar-refractivity contribution in [3.8, 4) is 0 Å². The molecule has 2 amide bonds. The van der Waals surface area contributed by atoms with Crippen LogP contribution in [0.4, 0.5) is 10.5 Å². The number of morpholine rings is 1. The Bertz CT molecular complexity index is 797. The van der Waals surface area contributed by atoms with E-state index in [-0.39, 0.29) is 12.1 Å². The molecule has 8 nitrogen and oxygen atoms in total. The van der Waals surface area contributed by atoms with E-state index in [4.69, 9.17) is 9.47 Å². The van der Waals surface area contributed by atoms with Gasteiger partial charge in [-0.3, -0.25) is 9.58 Å². The van der Waals surface area contributed by atoms with Gasteiger partial charge in [0.1, 0.15) is 0 Å². The van der Waals surface area contributed by atoms with E-state index in [1.165, 1.54) is 5.56 Å². The molecule has 1 atom stereocenters. The van der Waals surface area contributed by atoms with Crippen molar-refractivity contribution in [2.24, 2.45) is 0 Å². The molecule has 1 aromatic heterocycles. The Morgan fingerprint density at radius 2 is 2.00 bits per heavy atom. The predicted molar refractivity (Wildman–Crippen MR) is 110 cm³/mol. The molecule has 0 aliphatic carbocycles. The van der Waals surface area contributed by atoms with Gasteiger partial charge in [0.2, 0.25) is 0 Å². The van der Waals surface area contributed by atoms with E-state index in [2.05, 4.69) is 32.8 Å². The third kappa shape index (κ3) is 5.79. The van der Waals surface area contributed by atoms with Gasteiger partial charge in [0.25, 0.3) is 0 Å². The Balaban J connectivity index is 1.27. The van der Waals surface area contributed by atoms with Crippen molar-refractivity contribution in [1.82, 2.24) is 20.0 Å². The molecule has 0 saturated carbocycles. The molecular formula is C21H29N5O3. The summed E-state index contributed by atoms with van der Waals surface area (Å²) >= 11 is 0. The van der Waals surface area contributed by atoms with Crippen molar-refractivity contribution in [2.75, 3.05) is 38.2 Å². The minimum absolute atomic E-state index is 0.222. The van der Waals surface area contributed by atoms with Crippen LogP contribution in [0.5, 0.6) is 0 Å². The monoisotopic (exact) mass is 399 g/mol. The normalized spacial score (nSPS) is 19.9. The fourth-order valence-electron chi connectivity index (χ4n) is 3.76. The third-order valence-corrected chi connectivity index (χ3v) is 5.36. The van der Waals surface area contributed by atoms with Crippen molar-refractivity contribution in [3.63, 3.8) is 0 Å². The van der Waals surface area contributed by atoms with Crippen molar-refractivity contribution in [2.45, 2.75) is 38.6 Å². The summed E-state index contributed by atoms with van der Waals surface area (Å²) in [7, 11) is 0. The Labute approximate surface area is 171 Å². The number of hydrogen-bond acceptors (Lipinski definition) is 5. The summed E-state index contributed by atoms with van der Waals surface area (Å²) in [6.07, 6.45) is 5.90. The number of carbonyl (C=O) groups is 1. The maximum atomic E-state index is 12.3. The number of anilines is 1. The summed E-state index contributed by atoms with van der Waals surface area (Å²) in [4.78, 5) is 14.7. The van der Waals surface area contributed by atoms with Crippen LogP contribution in [0.15, 0.2) is 36.7 Å². The number of nitrogens with one attached hydrogen (secondary N) is 2.